The third-order valence-corrected chi connectivity index (χ3v) is 3.94. The molecule has 4 N–H and O–H groups in total. The summed E-state index contributed by atoms with van der Waals surface area (Å²) < 4.78 is 5.29. The minimum Gasteiger partial charge on any atom is -0.495 e. The lowest BCUT2D eigenvalue weighted by atomic mass is 9.98. The van der Waals surface area contributed by atoms with Crippen LogP contribution in [0.15, 0.2) is 55.3 Å². The quantitative estimate of drug-likeness (QED) is 0.625. The highest BCUT2D eigenvalue weighted by atomic mass is 16.5. The Morgan fingerprint density at radius 3 is 2.72 bits per heavy atom. The molecule has 0 aliphatic rings. The first kappa shape index (κ1) is 16.3. The number of ether oxygens (including phenoxy) is 1. The number of nitrogens with one attached hydrogen (secondary N) is 2. The summed E-state index contributed by atoms with van der Waals surface area (Å²) >= 11 is 0. The minimum atomic E-state index is -0.493. The van der Waals surface area contributed by atoms with Crippen molar-refractivity contribution in [1.82, 2.24) is 4.98 Å². The Morgan fingerprint density at radius 1 is 1.24 bits per heavy atom. The van der Waals surface area contributed by atoms with E-state index in [1.165, 1.54) is 13.2 Å². The second kappa shape index (κ2) is 6.52. The molecule has 0 saturated heterocycles. The molecule has 2 aromatic carbocycles. The number of methoxy groups -OCH3 is 1. The SMILES string of the molecule is C=CC(=O)Nc1cc(-c2ccc(C(N)=O)c3[nH]ccc23)ccc1OC. The van der Waals surface area contributed by atoms with E-state index in [-0.39, 0.29) is 5.91 Å². The number of aromatic nitrogens is 1. The fraction of sp³-hybridized carbons (Fsp3) is 0.0526. The third-order valence-electron chi connectivity index (χ3n) is 3.94. The van der Waals surface area contributed by atoms with Crippen LogP contribution in [-0.4, -0.2) is 23.9 Å². The van der Waals surface area contributed by atoms with Crippen molar-refractivity contribution < 1.29 is 14.3 Å². The maximum Gasteiger partial charge on any atom is 0.250 e. The van der Waals surface area contributed by atoms with Crippen molar-refractivity contribution >= 4 is 28.4 Å². The van der Waals surface area contributed by atoms with Gasteiger partial charge in [0.1, 0.15) is 5.75 Å². The standard InChI is InChI=1S/C19H17N3O3/c1-3-17(23)22-15-10-11(4-7-16(15)25-2)12-5-6-14(19(20)24)18-13(12)8-9-21-18/h3-10,21H,1H2,2H3,(H2,20,24)(H,22,23). The van der Waals surface area contributed by atoms with Gasteiger partial charge in [0.2, 0.25) is 5.91 Å². The molecule has 0 atom stereocenters. The summed E-state index contributed by atoms with van der Waals surface area (Å²) in [6.45, 7) is 3.45. The van der Waals surface area contributed by atoms with Crippen molar-refractivity contribution in [2.75, 3.05) is 12.4 Å². The smallest absolute Gasteiger partial charge is 0.250 e. The molecule has 25 heavy (non-hydrogen) atoms. The van der Waals surface area contributed by atoms with E-state index in [1.807, 2.05) is 24.3 Å². The topological polar surface area (TPSA) is 97.2 Å². The van der Waals surface area contributed by atoms with Crippen LogP contribution in [0.3, 0.4) is 0 Å². The molecule has 126 valence electrons. The Bertz CT molecular complexity index is 989. The van der Waals surface area contributed by atoms with Gasteiger partial charge in [0.25, 0.3) is 5.91 Å². The number of hydrogen-bond donors (Lipinski definition) is 3. The van der Waals surface area contributed by atoms with Crippen molar-refractivity contribution in [2.24, 2.45) is 5.73 Å². The zero-order chi connectivity index (χ0) is 18.0. The number of aromatic amines is 1. The maximum atomic E-state index is 11.6. The molecule has 0 aliphatic heterocycles. The molecule has 6 heteroatoms. The average molecular weight is 335 g/mol. The van der Waals surface area contributed by atoms with E-state index in [1.54, 1.807) is 18.3 Å². The fourth-order valence-electron chi connectivity index (χ4n) is 2.77. The van der Waals surface area contributed by atoms with Gasteiger partial charge < -0.3 is 20.8 Å². The molecule has 1 heterocycles. The molecule has 2 amide bonds. The van der Waals surface area contributed by atoms with Crippen molar-refractivity contribution in [3.8, 4) is 16.9 Å². The summed E-state index contributed by atoms with van der Waals surface area (Å²) in [4.78, 5) is 26.3. The van der Waals surface area contributed by atoms with Gasteiger partial charge in [-0.15, -0.1) is 0 Å². The van der Waals surface area contributed by atoms with Crippen molar-refractivity contribution in [3.63, 3.8) is 0 Å². The second-order valence-electron chi connectivity index (χ2n) is 5.40. The molecule has 3 rings (SSSR count). The average Bonchev–Trinajstić information content (AvgIpc) is 3.10. The van der Waals surface area contributed by atoms with Gasteiger partial charge >= 0.3 is 0 Å². The molecular formula is C19H17N3O3. The summed E-state index contributed by atoms with van der Waals surface area (Å²) in [6.07, 6.45) is 2.95. The van der Waals surface area contributed by atoms with Crippen LogP contribution in [0.1, 0.15) is 10.4 Å². The molecule has 0 saturated carbocycles. The van der Waals surface area contributed by atoms with E-state index < -0.39 is 5.91 Å². The third kappa shape index (κ3) is 2.97. The molecule has 0 radical (unpaired) electrons. The normalized spacial score (nSPS) is 10.4. The summed E-state index contributed by atoms with van der Waals surface area (Å²) in [7, 11) is 1.53. The number of rotatable bonds is 5. The molecule has 0 spiro atoms. The number of carbonyl (C=O) groups excluding carboxylic acids is 2. The first-order valence-electron chi connectivity index (χ1n) is 7.57. The van der Waals surface area contributed by atoms with Crippen LogP contribution >= 0.6 is 0 Å². The van der Waals surface area contributed by atoms with Crippen LogP contribution in [0.4, 0.5) is 5.69 Å². The van der Waals surface area contributed by atoms with Gasteiger partial charge in [-0.1, -0.05) is 18.7 Å². The second-order valence-corrected chi connectivity index (χ2v) is 5.40. The lowest BCUT2D eigenvalue weighted by molar-refractivity contribution is -0.111. The largest absolute Gasteiger partial charge is 0.495 e. The predicted molar refractivity (Wildman–Crippen MR) is 97.6 cm³/mol. The van der Waals surface area contributed by atoms with Gasteiger partial charge in [0, 0.05) is 11.6 Å². The fourth-order valence-corrected chi connectivity index (χ4v) is 2.77. The number of fused-ring (bicyclic) bond motifs is 1. The zero-order valence-electron chi connectivity index (χ0n) is 13.6. The number of primary amides is 1. The van der Waals surface area contributed by atoms with E-state index >= 15 is 0 Å². The Morgan fingerprint density at radius 2 is 2.04 bits per heavy atom. The number of amides is 2. The number of H-pyrrole nitrogens is 1. The maximum absolute atomic E-state index is 11.6. The summed E-state index contributed by atoms with van der Waals surface area (Å²) in [6, 6.07) is 10.9. The van der Waals surface area contributed by atoms with Crippen LogP contribution in [0.2, 0.25) is 0 Å². The van der Waals surface area contributed by atoms with Gasteiger partial charge in [0.05, 0.1) is 23.9 Å². The predicted octanol–water partition coefficient (Wildman–Crippen LogP) is 3.07. The van der Waals surface area contributed by atoms with Crippen LogP contribution in [0.5, 0.6) is 5.75 Å². The molecule has 0 unspecified atom stereocenters. The van der Waals surface area contributed by atoms with Crippen LogP contribution in [-0.2, 0) is 4.79 Å². The van der Waals surface area contributed by atoms with E-state index in [0.29, 0.717) is 22.5 Å². The number of benzene rings is 2. The van der Waals surface area contributed by atoms with Gasteiger partial charge in [0.15, 0.2) is 0 Å². The van der Waals surface area contributed by atoms with Crippen LogP contribution < -0.4 is 15.8 Å². The number of nitrogens with two attached hydrogens (primary N) is 1. The summed E-state index contributed by atoms with van der Waals surface area (Å²) in [5.74, 6) is -0.281. The first-order chi connectivity index (χ1) is 12.0. The van der Waals surface area contributed by atoms with Crippen molar-refractivity contribution in [3.05, 3.63) is 60.8 Å². The first-order valence-corrected chi connectivity index (χ1v) is 7.57. The number of anilines is 1. The summed E-state index contributed by atoms with van der Waals surface area (Å²) in [5, 5.41) is 3.59. The Hall–Kier alpha value is -3.54. The van der Waals surface area contributed by atoms with E-state index in [9.17, 15) is 9.59 Å². The van der Waals surface area contributed by atoms with Crippen LogP contribution in [0, 0.1) is 0 Å². The molecular weight excluding hydrogens is 318 g/mol. The molecule has 3 aromatic rings. The number of carbonyl (C=O) groups is 2. The van der Waals surface area contributed by atoms with Crippen molar-refractivity contribution in [2.45, 2.75) is 0 Å². The molecule has 0 fully saturated rings. The zero-order valence-corrected chi connectivity index (χ0v) is 13.6. The Kier molecular flexibility index (Phi) is 4.26. The Labute approximate surface area is 144 Å². The number of hydrogen-bond acceptors (Lipinski definition) is 3. The highest BCUT2D eigenvalue weighted by Gasteiger charge is 2.14. The van der Waals surface area contributed by atoms with Gasteiger partial charge in [-0.05, 0) is 41.5 Å². The van der Waals surface area contributed by atoms with Crippen LogP contribution in [0.25, 0.3) is 22.0 Å². The monoisotopic (exact) mass is 335 g/mol. The highest BCUT2D eigenvalue weighted by molar-refractivity contribution is 6.09. The van der Waals surface area contributed by atoms with E-state index in [4.69, 9.17) is 10.5 Å². The molecule has 0 bridgehead atoms. The minimum absolute atomic E-state index is 0.327. The molecule has 6 nitrogen and oxygen atoms in total. The van der Waals surface area contributed by atoms with E-state index in [2.05, 4.69) is 16.9 Å². The molecule has 1 aromatic heterocycles. The Balaban J connectivity index is 2.15. The highest BCUT2D eigenvalue weighted by Crippen LogP contribution is 2.35. The lowest BCUT2D eigenvalue weighted by Crippen LogP contribution is -2.11. The van der Waals surface area contributed by atoms with Gasteiger partial charge in [-0.2, -0.15) is 0 Å². The summed E-state index contributed by atoms with van der Waals surface area (Å²) in [5.41, 5.74) is 8.83. The van der Waals surface area contributed by atoms with Crippen molar-refractivity contribution in [1.29, 1.82) is 0 Å². The lowest BCUT2D eigenvalue weighted by Gasteiger charge is -2.12. The van der Waals surface area contributed by atoms with Gasteiger partial charge in [-0.3, -0.25) is 9.59 Å². The van der Waals surface area contributed by atoms with Gasteiger partial charge in [-0.25, -0.2) is 0 Å². The molecule has 0 aliphatic carbocycles. The van der Waals surface area contributed by atoms with E-state index in [0.717, 1.165) is 16.5 Å².